The summed E-state index contributed by atoms with van der Waals surface area (Å²) in [7, 11) is 0. The van der Waals surface area contributed by atoms with Crippen LogP contribution < -0.4 is 5.32 Å². The molecule has 0 aromatic carbocycles. The molecule has 2 N–H and O–H groups in total. The quantitative estimate of drug-likeness (QED) is 0.0493. The second kappa shape index (κ2) is 36.0. The van der Waals surface area contributed by atoms with Crippen LogP contribution in [0.15, 0.2) is 11.6 Å². The van der Waals surface area contributed by atoms with Gasteiger partial charge in [0, 0.05) is 13.0 Å². The van der Waals surface area contributed by atoms with Crippen molar-refractivity contribution >= 4 is 11.9 Å². The molecule has 0 aliphatic heterocycles. The maximum Gasteiger partial charge on any atom is 0.303 e. The summed E-state index contributed by atoms with van der Waals surface area (Å²) in [5, 5.41) is 12.2. The van der Waals surface area contributed by atoms with Gasteiger partial charge in [0.15, 0.2) is 5.76 Å². The van der Waals surface area contributed by atoms with E-state index in [4.69, 9.17) is 14.2 Å². The van der Waals surface area contributed by atoms with Gasteiger partial charge in [0.1, 0.15) is 12.2 Å². The number of carboxylic acid groups (broad SMARTS) is 1. The van der Waals surface area contributed by atoms with Gasteiger partial charge in [-0.05, 0) is 38.5 Å². The molecule has 7 nitrogen and oxygen atoms in total. The lowest BCUT2D eigenvalue weighted by Crippen LogP contribution is -2.33. The summed E-state index contributed by atoms with van der Waals surface area (Å²) in [6, 6.07) is 0. The van der Waals surface area contributed by atoms with Crippen LogP contribution in [0.3, 0.4) is 0 Å². The molecule has 290 valence electrons. The Balaban J connectivity index is 5.83. The van der Waals surface area contributed by atoms with Crippen LogP contribution in [0, 0.1) is 0 Å². The Morgan fingerprint density at radius 1 is 0.531 bits per heavy atom. The first-order valence-corrected chi connectivity index (χ1v) is 21.1. The van der Waals surface area contributed by atoms with Gasteiger partial charge in [-0.1, -0.05) is 169 Å². The van der Waals surface area contributed by atoms with Crippen LogP contribution in [0.2, 0.25) is 0 Å². The number of rotatable bonds is 38. The fourth-order valence-electron chi connectivity index (χ4n) is 6.10. The van der Waals surface area contributed by atoms with Crippen LogP contribution in [0.1, 0.15) is 221 Å². The van der Waals surface area contributed by atoms with E-state index in [0.717, 1.165) is 70.6 Å². The molecule has 0 aliphatic carbocycles. The number of carbonyl (C=O) groups excluding carboxylic acids is 1. The van der Waals surface area contributed by atoms with E-state index in [9.17, 15) is 14.7 Å². The molecule has 2 atom stereocenters. The monoisotopic (exact) mass is 696 g/mol. The van der Waals surface area contributed by atoms with E-state index in [1.807, 2.05) is 0 Å². The van der Waals surface area contributed by atoms with Crippen molar-refractivity contribution < 1.29 is 28.9 Å². The highest BCUT2D eigenvalue weighted by Crippen LogP contribution is 2.25. The minimum absolute atomic E-state index is 0.0529. The number of hydrogen-bond acceptors (Lipinski definition) is 5. The van der Waals surface area contributed by atoms with Crippen molar-refractivity contribution in [3.8, 4) is 0 Å². The molecule has 2 unspecified atom stereocenters. The average molecular weight is 696 g/mol. The second-order valence-electron chi connectivity index (χ2n) is 14.2. The van der Waals surface area contributed by atoms with Crippen LogP contribution >= 0.6 is 0 Å². The fourth-order valence-corrected chi connectivity index (χ4v) is 6.10. The highest BCUT2D eigenvalue weighted by atomic mass is 16.6. The van der Waals surface area contributed by atoms with Gasteiger partial charge >= 0.3 is 5.97 Å². The molecule has 0 aromatic rings. The van der Waals surface area contributed by atoms with Crippen molar-refractivity contribution in [2.45, 2.75) is 233 Å². The number of ether oxygens (including phenoxy) is 3. The zero-order valence-electron chi connectivity index (χ0n) is 33.1. The van der Waals surface area contributed by atoms with E-state index >= 15 is 0 Å². The number of carboxylic acids is 1. The van der Waals surface area contributed by atoms with Crippen LogP contribution in [0.5, 0.6) is 0 Å². The molecule has 0 bridgehead atoms. The topological polar surface area (TPSA) is 94.1 Å². The molecule has 0 rings (SSSR count). The zero-order chi connectivity index (χ0) is 36.2. The summed E-state index contributed by atoms with van der Waals surface area (Å²) in [6.07, 6.45) is 30.8. The Morgan fingerprint density at radius 2 is 1.00 bits per heavy atom. The number of hydrogen-bond donors (Lipinski definition) is 2. The summed E-state index contributed by atoms with van der Waals surface area (Å²) in [6.45, 7) is 12.1. The predicted octanol–water partition coefficient (Wildman–Crippen LogP) is 12.6. The Morgan fingerprint density at radius 3 is 1.49 bits per heavy atom. The highest BCUT2D eigenvalue weighted by Gasteiger charge is 2.26. The van der Waals surface area contributed by atoms with Crippen molar-refractivity contribution in [2.75, 3.05) is 13.2 Å². The lowest BCUT2D eigenvalue weighted by atomic mass is 10.0. The van der Waals surface area contributed by atoms with Crippen molar-refractivity contribution in [1.82, 2.24) is 5.32 Å². The number of unbranched alkanes of at least 4 members (excludes halogenated alkanes) is 19. The first-order valence-electron chi connectivity index (χ1n) is 21.1. The SMILES string of the molecule is CCCCCCCCCCCCCC(OCCCC)/C(OCCCC)=C(/NC(=O)CCC(=O)O)OC(CCC)CCCCCCCCCC. The molecule has 7 heteroatoms. The summed E-state index contributed by atoms with van der Waals surface area (Å²) < 4.78 is 19.7. The molecule has 0 saturated carbocycles. The summed E-state index contributed by atoms with van der Waals surface area (Å²) in [5.74, 6) is -0.429. The molecule has 0 saturated heterocycles. The number of nitrogens with one attached hydrogen (secondary N) is 1. The van der Waals surface area contributed by atoms with Gasteiger partial charge in [-0.15, -0.1) is 0 Å². The molecule has 0 spiro atoms. The third-order valence-electron chi connectivity index (χ3n) is 9.25. The minimum Gasteiger partial charge on any atom is -0.490 e. The number of aliphatic carboxylic acids is 1. The van der Waals surface area contributed by atoms with Gasteiger partial charge in [0.2, 0.25) is 11.8 Å². The molecule has 0 heterocycles. The van der Waals surface area contributed by atoms with Crippen LogP contribution in [0.25, 0.3) is 0 Å². The van der Waals surface area contributed by atoms with Gasteiger partial charge in [-0.25, -0.2) is 0 Å². The molecule has 49 heavy (non-hydrogen) atoms. The van der Waals surface area contributed by atoms with E-state index in [2.05, 4.69) is 39.9 Å². The van der Waals surface area contributed by atoms with E-state index in [0.29, 0.717) is 24.9 Å². The fraction of sp³-hybridized carbons (Fsp3) is 0.905. The lowest BCUT2D eigenvalue weighted by Gasteiger charge is -2.28. The standard InChI is InChI=1S/C42H81NO6/c1-6-11-15-17-19-21-22-23-25-27-29-32-38(47-35-13-8-3)41(48-36-14-9-4)42(43-39(44)33-34-40(45)46)49-37(30-10-5)31-28-26-24-20-18-16-12-7-2/h37-38H,6-36H2,1-5H3,(H,43,44)(H,45,46)/b42-41+. The predicted molar refractivity (Wildman–Crippen MR) is 206 cm³/mol. The smallest absolute Gasteiger partial charge is 0.303 e. The van der Waals surface area contributed by atoms with Gasteiger partial charge in [0.25, 0.3) is 0 Å². The van der Waals surface area contributed by atoms with Crippen LogP contribution in [0.4, 0.5) is 0 Å². The molecular formula is C42H81NO6. The largest absolute Gasteiger partial charge is 0.490 e. The molecular weight excluding hydrogens is 614 g/mol. The molecule has 0 aliphatic rings. The van der Waals surface area contributed by atoms with Crippen LogP contribution in [-0.2, 0) is 23.8 Å². The first kappa shape index (κ1) is 47.2. The van der Waals surface area contributed by atoms with Gasteiger partial charge in [0.05, 0.1) is 13.0 Å². The Kier molecular flexibility index (Phi) is 34.8. The van der Waals surface area contributed by atoms with E-state index in [1.165, 1.54) is 103 Å². The Bertz CT molecular complexity index is 785. The first-order chi connectivity index (χ1) is 23.9. The average Bonchev–Trinajstić information content (AvgIpc) is 3.08. The normalized spacial score (nSPS) is 13.2. The van der Waals surface area contributed by atoms with Crippen molar-refractivity contribution in [2.24, 2.45) is 0 Å². The van der Waals surface area contributed by atoms with E-state index < -0.39 is 5.97 Å². The third kappa shape index (κ3) is 29.7. The lowest BCUT2D eigenvalue weighted by molar-refractivity contribution is -0.139. The van der Waals surface area contributed by atoms with Gasteiger partial charge in [-0.3, -0.25) is 14.9 Å². The van der Waals surface area contributed by atoms with Crippen LogP contribution in [-0.4, -0.2) is 42.4 Å². The van der Waals surface area contributed by atoms with E-state index in [-0.39, 0.29) is 31.0 Å². The Hall–Kier alpha value is -1.76. The Labute approximate surface area is 303 Å². The van der Waals surface area contributed by atoms with Crippen molar-refractivity contribution in [1.29, 1.82) is 0 Å². The summed E-state index contributed by atoms with van der Waals surface area (Å²) >= 11 is 0. The molecule has 0 aromatic heterocycles. The molecule has 0 fully saturated rings. The van der Waals surface area contributed by atoms with Crippen molar-refractivity contribution in [3.63, 3.8) is 0 Å². The zero-order valence-corrected chi connectivity index (χ0v) is 33.1. The van der Waals surface area contributed by atoms with Crippen molar-refractivity contribution in [3.05, 3.63) is 11.6 Å². The third-order valence-corrected chi connectivity index (χ3v) is 9.25. The maximum atomic E-state index is 13.1. The summed E-state index contributed by atoms with van der Waals surface area (Å²) in [4.78, 5) is 24.4. The molecule has 0 radical (unpaired) electrons. The minimum atomic E-state index is -0.989. The molecule has 1 amide bonds. The maximum absolute atomic E-state index is 13.1. The number of carbonyl (C=O) groups is 2. The van der Waals surface area contributed by atoms with Gasteiger partial charge in [-0.2, -0.15) is 0 Å². The highest BCUT2D eigenvalue weighted by molar-refractivity contribution is 5.81. The number of amides is 1. The summed E-state index contributed by atoms with van der Waals surface area (Å²) in [5.41, 5.74) is 0. The second-order valence-corrected chi connectivity index (χ2v) is 14.2. The van der Waals surface area contributed by atoms with Gasteiger partial charge < -0.3 is 19.3 Å². The van der Waals surface area contributed by atoms with E-state index in [1.54, 1.807) is 0 Å².